The molecule has 0 spiro atoms. The molecule has 0 aliphatic heterocycles. The monoisotopic (exact) mass is 491 g/mol. The summed E-state index contributed by atoms with van der Waals surface area (Å²) >= 11 is 10.7. The molecule has 0 bridgehead atoms. The fourth-order valence-corrected chi connectivity index (χ4v) is 1.09. The summed E-state index contributed by atoms with van der Waals surface area (Å²) in [5, 5.41) is 51.5. The van der Waals surface area contributed by atoms with E-state index in [1.807, 2.05) is 12.6 Å². The van der Waals surface area contributed by atoms with Crippen LogP contribution >= 0.6 is 0 Å². The van der Waals surface area contributed by atoms with Gasteiger partial charge in [-0.3, -0.25) is 0 Å². The van der Waals surface area contributed by atoms with E-state index in [0.29, 0.717) is 0 Å². The van der Waals surface area contributed by atoms with Crippen molar-refractivity contribution in [1.29, 1.82) is 31.6 Å². The van der Waals surface area contributed by atoms with E-state index in [2.05, 4.69) is 48.7 Å². The van der Waals surface area contributed by atoms with Gasteiger partial charge in [-0.15, -0.1) is 0 Å². The molecule has 0 fully saturated rings. The van der Waals surface area contributed by atoms with Crippen molar-refractivity contribution < 1.29 is 59.4 Å². The summed E-state index contributed by atoms with van der Waals surface area (Å²) in [5.74, 6) is 0. The molecular formula is C6Cu3FeN9O3. The Morgan fingerprint density at radius 2 is 0.636 bits per heavy atom. The van der Waals surface area contributed by atoms with Crippen LogP contribution in [0.5, 0.6) is 0 Å². The van der Waals surface area contributed by atoms with E-state index in [0.717, 1.165) is 29.8 Å². The molecule has 0 aliphatic carbocycles. The molecule has 0 aliphatic rings. The van der Waals surface area contributed by atoms with Crippen LogP contribution in [0.4, 0.5) is 0 Å². The third-order valence-corrected chi connectivity index (χ3v) is 4.89. The normalized spacial score (nSPS) is 9.82. The van der Waals surface area contributed by atoms with Gasteiger partial charge in [0.2, 0.25) is 0 Å². The van der Waals surface area contributed by atoms with Gasteiger partial charge in [0.25, 0.3) is 0 Å². The molecule has 0 atom stereocenters. The molecule has 0 heterocycles. The van der Waals surface area contributed by atoms with E-state index in [9.17, 15) is 0 Å². The molecule has 0 aromatic carbocycles. The number of nitroso groups, excluding NO2 is 3. The Labute approximate surface area is 147 Å². The molecular weight excluding hydrogens is 493 g/mol. The van der Waals surface area contributed by atoms with E-state index in [4.69, 9.17) is 46.3 Å². The van der Waals surface area contributed by atoms with Gasteiger partial charge in [0.1, 0.15) is 0 Å². The van der Waals surface area contributed by atoms with Crippen molar-refractivity contribution in [1.82, 2.24) is 0 Å². The first-order chi connectivity index (χ1) is 10.2. The van der Waals surface area contributed by atoms with Gasteiger partial charge in [-0.05, 0) is 0 Å². The van der Waals surface area contributed by atoms with Crippen molar-refractivity contribution in [2.45, 2.75) is 0 Å². The van der Waals surface area contributed by atoms with Crippen molar-refractivity contribution in [2.24, 2.45) is 12.6 Å². The average Bonchev–Trinajstić information content (AvgIpc) is 2.55. The van der Waals surface area contributed by atoms with Crippen LogP contribution in [-0.4, -0.2) is 0 Å². The Morgan fingerprint density at radius 1 is 0.545 bits per heavy atom. The molecule has 0 rings (SSSR count). The van der Waals surface area contributed by atoms with Crippen LogP contribution in [0, 0.1) is 76.1 Å². The maximum absolute atomic E-state index is 8.58. The Morgan fingerprint density at radius 3 is 0.636 bits per heavy atom. The standard InChI is InChI=1S/6CN.3Cu.Fe.3NO/c6*1-2;;;;;3*1-2/q;;;;;;3*+2;-3;3*-1. The second kappa shape index (κ2) is 12.6. The Hall–Kier alpha value is -2.18. The van der Waals surface area contributed by atoms with Crippen LogP contribution in [0.15, 0.2) is 12.6 Å². The SMILES string of the molecule is N#[C][Fe-3]([C]#N)([C]#N)([C]#N)([C]#N)[C]#N.O=[N][Cu+].O=[N][Cu+].O=[N][Cu+]. The van der Waals surface area contributed by atoms with Crippen LogP contribution in [0.2, 0.25) is 0 Å². The zero-order chi connectivity index (χ0) is 18.8. The van der Waals surface area contributed by atoms with Crippen LogP contribution in [0.1, 0.15) is 0 Å². The molecule has 0 N–H and O–H groups in total. The van der Waals surface area contributed by atoms with Crippen molar-refractivity contribution in [2.75, 3.05) is 0 Å². The van der Waals surface area contributed by atoms with Crippen LogP contribution in [0.25, 0.3) is 0 Å². The second-order valence-corrected chi connectivity index (χ2v) is 8.10. The number of nitriles is 6. The van der Waals surface area contributed by atoms with Crippen molar-refractivity contribution in [3.05, 3.63) is 14.7 Å². The van der Waals surface area contributed by atoms with Crippen LogP contribution in [-0.2, 0) is 59.4 Å². The first-order valence-corrected chi connectivity index (χ1v) is 7.93. The maximum atomic E-state index is 8.58. The van der Waals surface area contributed by atoms with E-state index >= 15 is 0 Å². The Bertz CT molecular complexity index is 524. The summed E-state index contributed by atoms with van der Waals surface area (Å²) in [5.41, 5.74) is 0. The second-order valence-electron chi connectivity index (χ2n) is 1.97. The number of hydrogen-bond acceptors (Lipinski definition) is 12. The number of hydrogen-bond donors (Lipinski definition) is 0. The van der Waals surface area contributed by atoms with Gasteiger partial charge in [-0.1, -0.05) is 0 Å². The summed E-state index contributed by atoms with van der Waals surface area (Å²) in [7, 11) is -6.17. The summed E-state index contributed by atoms with van der Waals surface area (Å²) in [6.07, 6.45) is 0. The molecule has 0 unspecified atom stereocenters. The molecule has 128 valence electrons. The fourth-order valence-electron chi connectivity index (χ4n) is 0.265. The van der Waals surface area contributed by atoms with Crippen molar-refractivity contribution >= 4 is 0 Å². The number of nitrogens with zero attached hydrogens (tertiary/aromatic N) is 9. The molecule has 0 amide bonds. The Kier molecular flexibility index (Phi) is 16.0. The zero-order valence-corrected chi connectivity index (χ0v) is 13.4. The summed E-state index contributed by atoms with van der Waals surface area (Å²) < 4.78 is 5.44. The first kappa shape index (κ1) is 28.0. The van der Waals surface area contributed by atoms with Gasteiger partial charge in [0, 0.05) is 0 Å². The summed E-state index contributed by atoms with van der Waals surface area (Å²) in [6.45, 7) is 0. The number of rotatable bonds is 0. The molecule has 16 heteroatoms. The minimum atomic E-state index is -6.17. The van der Waals surface area contributed by atoms with E-state index < -0.39 is 10.7 Å². The van der Waals surface area contributed by atoms with Crippen molar-refractivity contribution in [3.8, 4) is 29.8 Å². The molecule has 0 saturated carbocycles. The topological polar surface area (TPSA) is 231 Å². The molecule has 22 heavy (non-hydrogen) atoms. The van der Waals surface area contributed by atoms with Gasteiger partial charge in [0.05, 0.1) is 0 Å². The van der Waals surface area contributed by atoms with Gasteiger partial charge >= 0.3 is 148 Å². The average molecular weight is 493 g/mol. The van der Waals surface area contributed by atoms with Crippen LogP contribution in [0.3, 0.4) is 0 Å². The Balaban J connectivity index is -0.000000148. The molecule has 0 radical (unpaired) electrons. The molecule has 0 saturated heterocycles. The third kappa shape index (κ3) is 6.51. The molecule has 0 aromatic heterocycles. The zero-order valence-electron chi connectivity index (χ0n) is 9.51. The van der Waals surface area contributed by atoms with E-state index in [-0.39, 0.29) is 0 Å². The van der Waals surface area contributed by atoms with Gasteiger partial charge < -0.3 is 0 Å². The summed E-state index contributed by atoms with van der Waals surface area (Å²) in [6, 6.07) is 0. The van der Waals surface area contributed by atoms with Gasteiger partial charge in [-0.25, -0.2) is 0 Å². The third-order valence-electron chi connectivity index (χ3n) is 1.19. The molecule has 12 nitrogen and oxygen atoms in total. The summed E-state index contributed by atoms with van der Waals surface area (Å²) in [4.78, 5) is 31.3. The minimum absolute atomic E-state index is 1.03. The fraction of sp³-hybridized carbons (Fsp3) is 0. The van der Waals surface area contributed by atoms with Gasteiger partial charge in [-0.2, -0.15) is 0 Å². The first-order valence-electron chi connectivity index (χ1n) is 3.35. The quantitative estimate of drug-likeness (QED) is 0.342. The van der Waals surface area contributed by atoms with E-state index in [1.54, 1.807) is 0 Å². The van der Waals surface area contributed by atoms with Crippen LogP contribution < -0.4 is 0 Å². The van der Waals surface area contributed by atoms with E-state index in [1.165, 1.54) is 0 Å². The molecule has 0 aromatic rings. The predicted molar refractivity (Wildman–Crippen MR) is 51.1 cm³/mol. The predicted octanol–water partition coefficient (Wildman–Crippen LogP) is 0.742. The van der Waals surface area contributed by atoms with Crippen molar-refractivity contribution in [3.63, 3.8) is 0 Å². The van der Waals surface area contributed by atoms with Gasteiger partial charge in [0.15, 0.2) is 0 Å².